The Bertz CT molecular complexity index is 617. The van der Waals surface area contributed by atoms with Gasteiger partial charge in [-0.15, -0.1) is 0 Å². The number of ether oxygens (including phenoxy) is 1. The summed E-state index contributed by atoms with van der Waals surface area (Å²) in [4.78, 5) is 25.5. The first-order valence-corrected chi connectivity index (χ1v) is 7.44. The quantitative estimate of drug-likeness (QED) is 0.870. The van der Waals surface area contributed by atoms with E-state index in [0.29, 0.717) is 19.8 Å². The molecule has 1 fully saturated rings. The van der Waals surface area contributed by atoms with Gasteiger partial charge in [0.25, 0.3) is 5.91 Å². The summed E-state index contributed by atoms with van der Waals surface area (Å²) in [5, 5.41) is 3.81. The van der Waals surface area contributed by atoms with Gasteiger partial charge >= 0.3 is 0 Å². The summed E-state index contributed by atoms with van der Waals surface area (Å²) >= 11 is 3.44. The predicted molar refractivity (Wildman–Crippen MR) is 79.6 cm³/mol. The molecule has 2 heterocycles. The number of halogens is 1. The van der Waals surface area contributed by atoms with Crippen LogP contribution in [-0.4, -0.2) is 42.2 Å². The van der Waals surface area contributed by atoms with Crippen LogP contribution in [0.15, 0.2) is 33.8 Å². The first-order chi connectivity index (χ1) is 10.1. The number of hydrogen-bond acceptors (Lipinski definition) is 4. The zero-order valence-electron chi connectivity index (χ0n) is 11.2. The normalized spacial score (nSPS) is 22.0. The van der Waals surface area contributed by atoms with E-state index in [1.165, 1.54) is 0 Å². The monoisotopic (exact) mass is 351 g/mol. The maximum absolute atomic E-state index is 12.6. The van der Waals surface area contributed by atoms with Crippen molar-refractivity contribution < 1.29 is 14.3 Å². The summed E-state index contributed by atoms with van der Waals surface area (Å²) < 4.78 is 6.46. The molecular formula is C14H14BrN3O3. The molecule has 0 bridgehead atoms. The number of carbonyl (C=O) groups is 2. The molecule has 3 rings (SSSR count). The van der Waals surface area contributed by atoms with Crippen LogP contribution in [0.4, 0.5) is 0 Å². The summed E-state index contributed by atoms with van der Waals surface area (Å²) in [5.74, 6) is -0.452. The molecule has 0 aliphatic carbocycles. The topological polar surface area (TPSA) is 71.0 Å². The summed E-state index contributed by atoms with van der Waals surface area (Å²) in [6.45, 7) is 1.42. The summed E-state index contributed by atoms with van der Waals surface area (Å²) in [6.07, 6.45) is 0.0431. The molecular weight excluding hydrogens is 338 g/mol. The molecule has 1 atom stereocenters. The van der Waals surface area contributed by atoms with E-state index in [1.807, 2.05) is 24.3 Å². The van der Waals surface area contributed by atoms with Gasteiger partial charge in [-0.25, -0.2) is 5.43 Å². The van der Waals surface area contributed by atoms with Crippen LogP contribution in [0, 0.1) is 0 Å². The number of carbonyl (C=O) groups excluding carboxylic acids is 2. The van der Waals surface area contributed by atoms with Crippen molar-refractivity contribution in [3.05, 3.63) is 34.3 Å². The smallest absolute Gasteiger partial charge is 0.271 e. The molecule has 7 heteroatoms. The lowest BCUT2D eigenvalue weighted by molar-refractivity contribution is -0.133. The third-order valence-electron chi connectivity index (χ3n) is 3.51. The molecule has 6 nitrogen and oxygen atoms in total. The van der Waals surface area contributed by atoms with E-state index in [-0.39, 0.29) is 30.0 Å². The van der Waals surface area contributed by atoms with E-state index in [9.17, 15) is 9.59 Å². The second kappa shape index (κ2) is 5.95. The molecule has 110 valence electrons. The highest BCUT2D eigenvalue weighted by Gasteiger charge is 2.33. The number of nitrogens with zero attached hydrogens (tertiary/aromatic N) is 2. The molecule has 1 aromatic rings. The zero-order chi connectivity index (χ0) is 14.8. The first kappa shape index (κ1) is 14.2. The minimum atomic E-state index is -0.245. The van der Waals surface area contributed by atoms with E-state index in [1.54, 1.807) is 4.90 Å². The number of hydrazone groups is 1. The number of hydrogen-bond donors (Lipinski definition) is 1. The van der Waals surface area contributed by atoms with Crippen molar-refractivity contribution in [2.75, 3.05) is 19.8 Å². The van der Waals surface area contributed by atoms with Gasteiger partial charge in [-0.2, -0.15) is 5.10 Å². The summed E-state index contributed by atoms with van der Waals surface area (Å²) in [7, 11) is 0. The lowest BCUT2D eigenvalue weighted by Crippen LogP contribution is -2.46. The van der Waals surface area contributed by atoms with Crippen molar-refractivity contribution in [2.45, 2.75) is 12.5 Å². The average Bonchev–Trinajstić information content (AvgIpc) is 2.93. The first-order valence-electron chi connectivity index (χ1n) is 6.65. The highest BCUT2D eigenvalue weighted by atomic mass is 79.9. The van der Waals surface area contributed by atoms with Crippen molar-refractivity contribution in [1.82, 2.24) is 10.3 Å². The molecule has 1 N–H and O–H groups in total. The maximum atomic E-state index is 12.6. The fourth-order valence-corrected chi connectivity index (χ4v) is 2.90. The van der Waals surface area contributed by atoms with Gasteiger partial charge in [0.2, 0.25) is 5.91 Å². The van der Waals surface area contributed by atoms with E-state index in [0.717, 1.165) is 10.0 Å². The Morgan fingerprint density at radius 3 is 3.05 bits per heavy atom. The van der Waals surface area contributed by atoms with Crippen molar-refractivity contribution in [3.8, 4) is 0 Å². The maximum Gasteiger partial charge on any atom is 0.271 e. The lowest BCUT2D eigenvalue weighted by Gasteiger charge is -2.35. The molecule has 1 unspecified atom stereocenters. The van der Waals surface area contributed by atoms with Gasteiger partial charge in [0, 0.05) is 11.0 Å². The summed E-state index contributed by atoms with van der Waals surface area (Å²) in [6, 6.07) is 7.63. The minimum absolute atomic E-state index is 0.0431. The van der Waals surface area contributed by atoms with Crippen LogP contribution in [0.1, 0.15) is 18.0 Å². The van der Waals surface area contributed by atoms with Crippen LogP contribution in [0.25, 0.3) is 0 Å². The molecule has 2 aliphatic heterocycles. The van der Waals surface area contributed by atoms with Crippen LogP contribution < -0.4 is 5.43 Å². The highest BCUT2D eigenvalue weighted by Crippen LogP contribution is 2.27. The van der Waals surface area contributed by atoms with Crippen LogP contribution in [0.5, 0.6) is 0 Å². The van der Waals surface area contributed by atoms with Crippen molar-refractivity contribution in [2.24, 2.45) is 5.10 Å². The summed E-state index contributed by atoms with van der Waals surface area (Å²) in [5.41, 5.74) is 3.58. The van der Waals surface area contributed by atoms with E-state index < -0.39 is 0 Å². The van der Waals surface area contributed by atoms with Crippen LogP contribution in [0.3, 0.4) is 0 Å². The van der Waals surface area contributed by atoms with Gasteiger partial charge in [-0.05, 0) is 17.7 Å². The Hall–Kier alpha value is -1.73. The third kappa shape index (κ3) is 2.98. The number of nitrogens with one attached hydrogen (secondary N) is 1. The van der Waals surface area contributed by atoms with Gasteiger partial charge < -0.3 is 9.64 Å². The number of rotatable bonds is 2. The number of morpholine rings is 1. The predicted octanol–water partition coefficient (Wildman–Crippen LogP) is 1.22. The highest BCUT2D eigenvalue weighted by molar-refractivity contribution is 9.10. The van der Waals surface area contributed by atoms with E-state index >= 15 is 0 Å². The van der Waals surface area contributed by atoms with Gasteiger partial charge in [-0.3, -0.25) is 9.59 Å². The standard InChI is InChI=1S/C14H14BrN3O3/c15-10-3-1-2-9(6-10)12-8-21-5-4-18(12)14(20)11-7-13(19)17-16-11/h1-3,6,12H,4-5,7-8H2,(H,17,19). The second-order valence-corrected chi connectivity index (χ2v) is 5.83. The Balaban J connectivity index is 1.85. The zero-order valence-corrected chi connectivity index (χ0v) is 12.8. The lowest BCUT2D eigenvalue weighted by atomic mass is 10.0. The molecule has 21 heavy (non-hydrogen) atoms. The van der Waals surface area contributed by atoms with E-state index in [2.05, 4.69) is 26.5 Å². The average molecular weight is 352 g/mol. The molecule has 0 saturated carbocycles. The van der Waals surface area contributed by atoms with Gasteiger partial charge in [0.1, 0.15) is 5.71 Å². The van der Waals surface area contributed by atoms with E-state index in [4.69, 9.17) is 4.74 Å². The fourth-order valence-electron chi connectivity index (χ4n) is 2.49. The van der Waals surface area contributed by atoms with Gasteiger partial charge in [0.15, 0.2) is 0 Å². The van der Waals surface area contributed by atoms with Crippen LogP contribution in [0.2, 0.25) is 0 Å². The molecule has 0 radical (unpaired) electrons. The van der Waals surface area contributed by atoms with Crippen LogP contribution >= 0.6 is 15.9 Å². The van der Waals surface area contributed by atoms with Crippen molar-refractivity contribution in [1.29, 1.82) is 0 Å². The van der Waals surface area contributed by atoms with Crippen molar-refractivity contribution >= 4 is 33.5 Å². The van der Waals surface area contributed by atoms with Gasteiger partial charge in [0.05, 0.1) is 25.7 Å². The Labute approximate surface area is 130 Å². The Kier molecular flexibility index (Phi) is 4.03. The number of amides is 2. The Morgan fingerprint density at radius 1 is 1.48 bits per heavy atom. The fraction of sp³-hybridized carbons (Fsp3) is 0.357. The molecule has 2 amide bonds. The molecule has 0 aromatic heterocycles. The number of benzene rings is 1. The largest absolute Gasteiger partial charge is 0.377 e. The molecule has 2 aliphatic rings. The minimum Gasteiger partial charge on any atom is -0.377 e. The third-order valence-corrected chi connectivity index (χ3v) is 4.01. The Morgan fingerprint density at radius 2 is 2.33 bits per heavy atom. The van der Waals surface area contributed by atoms with Crippen molar-refractivity contribution in [3.63, 3.8) is 0 Å². The molecule has 0 spiro atoms. The van der Waals surface area contributed by atoms with Gasteiger partial charge in [-0.1, -0.05) is 28.1 Å². The van der Waals surface area contributed by atoms with Crippen LogP contribution in [-0.2, 0) is 14.3 Å². The molecule has 1 saturated heterocycles. The second-order valence-electron chi connectivity index (χ2n) is 4.91. The molecule has 1 aromatic carbocycles. The SMILES string of the molecule is O=C1CC(C(=O)N2CCOCC2c2cccc(Br)c2)=NN1.